The van der Waals surface area contributed by atoms with Crippen LogP contribution in [0, 0.1) is 0 Å². The van der Waals surface area contributed by atoms with Crippen molar-refractivity contribution in [2.24, 2.45) is 0 Å². The number of carbonyl (C=O) groups excluding carboxylic acids is 1. The summed E-state index contributed by atoms with van der Waals surface area (Å²) in [5.41, 5.74) is 1.57. The van der Waals surface area contributed by atoms with Gasteiger partial charge >= 0.3 is 5.97 Å². The number of unbranched alkanes of at least 4 members (excludes halogenated alkanes) is 3. The maximum Gasteiger partial charge on any atom is 0.343 e. The Morgan fingerprint density at radius 1 is 0.821 bits per heavy atom. The molecule has 152 valence electrons. The van der Waals surface area contributed by atoms with Crippen molar-refractivity contribution in [1.82, 2.24) is 0 Å². The molecule has 0 saturated carbocycles. The van der Waals surface area contributed by atoms with Crippen molar-refractivity contribution >= 4 is 5.97 Å². The van der Waals surface area contributed by atoms with Crippen molar-refractivity contribution in [3.8, 4) is 11.5 Å². The molecule has 0 bridgehead atoms. The molecule has 0 amide bonds. The van der Waals surface area contributed by atoms with E-state index in [1.165, 1.54) is 19.3 Å². The molecule has 0 saturated heterocycles. The average Bonchev–Trinajstić information content (AvgIpc) is 2.72. The minimum atomic E-state index is -0.380. The molecule has 2 rings (SSSR count). The standard InChI is InChI=1S/C24H32O4/c1-4-6-7-8-18-26-19(3)20-9-15-23(16-10-20)28-24(25)21-11-13-22(14-12-21)27-17-5-2/h9-16,19H,4-8,17-18H2,1-3H3. The molecule has 0 aliphatic rings. The van der Waals surface area contributed by atoms with Crippen molar-refractivity contribution in [1.29, 1.82) is 0 Å². The fourth-order valence-corrected chi connectivity index (χ4v) is 2.77. The zero-order valence-electron chi connectivity index (χ0n) is 17.3. The van der Waals surface area contributed by atoms with E-state index < -0.39 is 0 Å². The number of carbonyl (C=O) groups is 1. The van der Waals surface area contributed by atoms with Gasteiger partial charge in [-0.3, -0.25) is 0 Å². The minimum Gasteiger partial charge on any atom is -0.494 e. The summed E-state index contributed by atoms with van der Waals surface area (Å²) in [5, 5.41) is 0. The first-order valence-corrected chi connectivity index (χ1v) is 10.3. The second-order valence-electron chi connectivity index (χ2n) is 6.91. The largest absolute Gasteiger partial charge is 0.494 e. The Kier molecular flexibility index (Phi) is 9.56. The topological polar surface area (TPSA) is 44.8 Å². The number of esters is 1. The molecule has 0 aliphatic heterocycles. The third-order valence-corrected chi connectivity index (χ3v) is 4.49. The number of ether oxygens (including phenoxy) is 3. The van der Waals surface area contributed by atoms with E-state index in [4.69, 9.17) is 14.2 Å². The Morgan fingerprint density at radius 3 is 2.14 bits per heavy atom. The van der Waals surface area contributed by atoms with E-state index in [1.807, 2.05) is 31.2 Å². The molecule has 0 spiro atoms. The quantitative estimate of drug-likeness (QED) is 0.243. The highest BCUT2D eigenvalue weighted by Gasteiger charge is 2.10. The normalized spacial score (nSPS) is 11.8. The van der Waals surface area contributed by atoms with Crippen LogP contribution in [0.25, 0.3) is 0 Å². The van der Waals surface area contributed by atoms with Gasteiger partial charge in [0.25, 0.3) is 0 Å². The summed E-state index contributed by atoms with van der Waals surface area (Å²) in [6.07, 6.45) is 5.77. The van der Waals surface area contributed by atoms with Crippen LogP contribution in [0.4, 0.5) is 0 Å². The van der Waals surface area contributed by atoms with Crippen LogP contribution in [0.3, 0.4) is 0 Å². The molecule has 1 atom stereocenters. The van der Waals surface area contributed by atoms with Gasteiger partial charge in [-0.25, -0.2) is 4.79 Å². The predicted octanol–water partition coefficient (Wildman–Crippen LogP) is 6.35. The van der Waals surface area contributed by atoms with E-state index in [-0.39, 0.29) is 12.1 Å². The molecular weight excluding hydrogens is 352 g/mol. The summed E-state index contributed by atoms with van der Waals surface area (Å²) >= 11 is 0. The van der Waals surface area contributed by atoms with Crippen molar-refractivity contribution in [3.05, 3.63) is 59.7 Å². The maximum atomic E-state index is 12.3. The zero-order chi connectivity index (χ0) is 20.2. The van der Waals surface area contributed by atoms with Gasteiger partial charge in [0.15, 0.2) is 0 Å². The first-order valence-electron chi connectivity index (χ1n) is 10.3. The van der Waals surface area contributed by atoms with Crippen LogP contribution in [0.15, 0.2) is 48.5 Å². The van der Waals surface area contributed by atoms with Gasteiger partial charge in [-0.2, -0.15) is 0 Å². The van der Waals surface area contributed by atoms with E-state index in [9.17, 15) is 4.79 Å². The van der Waals surface area contributed by atoms with Gasteiger partial charge in [-0.1, -0.05) is 45.2 Å². The smallest absolute Gasteiger partial charge is 0.343 e. The van der Waals surface area contributed by atoms with Gasteiger partial charge in [0.1, 0.15) is 11.5 Å². The molecule has 0 N–H and O–H groups in total. The number of hydrogen-bond acceptors (Lipinski definition) is 4. The van der Waals surface area contributed by atoms with Gasteiger partial charge in [0.2, 0.25) is 0 Å². The molecule has 0 fully saturated rings. The second-order valence-corrected chi connectivity index (χ2v) is 6.91. The number of rotatable bonds is 12. The summed E-state index contributed by atoms with van der Waals surface area (Å²) < 4.78 is 16.9. The highest BCUT2D eigenvalue weighted by Crippen LogP contribution is 2.22. The first-order chi connectivity index (χ1) is 13.6. The van der Waals surface area contributed by atoms with E-state index in [0.29, 0.717) is 17.9 Å². The van der Waals surface area contributed by atoms with Gasteiger partial charge in [0.05, 0.1) is 18.3 Å². The summed E-state index contributed by atoms with van der Waals surface area (Å²) in [4.78, 5) is 12.3. The Bertz CT molecular complexity index is 692. The lowest BCUT2D eigenvalue weighted by Crippen LogP contribution is -2.08. The molecule has 0 heterocycles. The monoisotopic (exact) mass is 384 g/mol. The number of hydrogen-bond donors (Lipinski definition) is 0. The van der Waals surface area contributed by atoms with Crippen molar-refractivity contribution in [2.45, 2.75) is 59.0 Å². The second kappa shape index (κ2) is 12.2. The Hall–Kier alpha value is -2.33. The molecule has 0 radical (unpaired) electrons. The van der Waals surface area contributed by atoms with Crippen LogP contribution in [0.5, 0.6) is 11.5 Å². The van der Waals surface area contributed by atoms with E-state index in [1.54, 1.807) is 24.3 Å². The minimum absolute atomic E-state index is 0.0297. The number of benzene rings is 2. The third kappa shape index (κ3) is 7.35. The molecule has 0 aliphatic carbocycles. The van der Waals surface area contributed by atoms with Gasteiger partial charge in [-0.05, 0) is 61.7 Å². The lowest BCUT2D eigenvalue weighted by molar-refractivity contribution is 0.0627. The van der Waals surface area contributed by atoms with Crippen molar-refractivity contribution < 1.29 is 19.0 Å². The van der Waals surface area contributed by atoms with Gasteiger partial charge in [0, 0.05) is 6.61 Å². The SMILES string of the molecule is CCCCCCOC(C)c1ccc(OC(=O)c2ccc(OCCC)cc2)cc1. The molecule has 0 aromatic heterocycles. The molecule has 28 heavy (non-hydrogen) atoms. The molecule has 4 nitrogen and oxygen atoms in total. The van der Waals surface area contributed by atoms with Crippen LogP contribution >= 0.6 is 0 Å². The highest BCUT2D eigenvalue weighted by atomic mass is 16.5. The Morgan fingerprint density at radius 2 is 1.50 bits per heavy atom. The molecular formula is C24H32O4. The van der Waals surface area contributed by atoms with Crippen LogP contribution in [0.1, 0.15) is 74.9 Å². The van der Waals surface area contributed by atoms with E-state index >= 15 is 0 Å². The highest BCUT2D eigenvalue weighted by molar-refractivity contribution is 5.91. The summed E-state index contributed by atoms with van der Waals surface area (Å²) in [6, 6.07) is 14.5. The lowest BCUT2D eigenvalue weighted by atomic mass is 10.1. The lowest BCUT2D eigenvalue weighted by Gasteiger charge is -2.14. The average molecular weight is 385 g/mol. The van der Waals surface area contributed by atoms with Gasteiger partial charge < -0.3 is 14.2 Å². The molecule has 2 aromatic rings. The molecule has 1 unspecified atom stereocenters. The summed E-state index contributed by atoms with van der Waals surface area (Å²) in [6.45, 7) is 7.74. The van der Waals surface area contributed by atoms with Crippen LogP contribution in [0.2, 0.25) is 0 Å². The Labute approximate surface area is 168 Å². The summed E-state index contributed by atoms with van der Waals surface area (Å²) in [7, 11) is 0. The van der Waals surface area contributed by atoms with E-state index in [2.05, 4.69) is 13.8 Å². The van der Waals surface area contributed by atoms with E-state index in [0.717, 1.165) is 30.8 Å². The van der Waals surface area contributed by atoms with Crippen LogP contribution in [-0.2, 0) is 4.74 Å². The summed E-state index contributed by atoms with van der Waals surface area (Å²) in [5.74, 6) is 0.900. The predicted molar refractivity (Wildman–Crippen MR) is 112 cm³/mol. The third-order valence-electron chi connectivity index (χ3n) is 4.49. The molecule has 4 heteroatoms. The van der Waals surface area contributed by atoms with Crippen LogP contribution < -0.4 is 9.47 Å². The van der Waals surface area contributed by atoms with Crippen molar-refractivity contribution in [2.75, 3.05) is 13.2 Å². The maximum absolute atomic E-state index is 12.3. The fourth-order valence-electron chi connectivity index (χ4n) is 2.77. The van der Waals surface area contributed by atoms with Crippen LogP contribution in [-0.4, -0.2) is 19.2 Å². The van der Waals surface area contributed by atoms with Crippen molar-refractivity contribution in [3.63, 3.8) is 0 Å². The van der Waals surface area contributed by atoms with Gasteiger partial charge in [-0.15, -0.1) is 0 Å². The fraction of sp³-hybridized carbons (Fsp3) is 0.458. The zero-order valence-corrected chi connectivity index (χ0v) is 17.3. The Balaban J connectivity index is 1.83. The molecule has 2 aromatic carbocycles. The first kappa shape index (κ1) is 22.0.